The van der Waals surface area contributed by atoms with Gasteiger partial charge >= 0.3 is 5.97 Å². The first-order valence-corrected chi connectivity index (χ1v) is 6.57. The summed E-state index contributed by atoms with van der Waals surface area (Å²) < 4.78 is 19.2. The van der Waals surface area contributed by atoms with Gasteiger partial charge in [-0.05, 0) is 52.3 Å². The van der Waals surface area contributed by atoms with Crippen molar-refractivity contribution >= 4 is 37.8 Å². The van der Waals surface area contributed by atoms with Gasteiger partial charge in [0.1, 0.15) is 11.6 Å². The summed E-state index contributed by atoms with van der Waals surface area (Å²) in [6, 6.07) is 10.7. The lowest BCUT2D eigenvalue weighted by Crippen LogP contribution is -2.08. The molecule has 0 unspecified atom stereocenters. The molecule has 0 N–H and O–H groups in total. The van der Waals surface area contributed by atoms with Crippen LogP contribution in [0.25, 0.3) is 0 Å². The Balaban J connectivity index is 2.21. The molecule has 0 saturated heterocycles. The number of carbonyl (C=O) groups excluding carboxylic acids is 1. The smallest absolute Gasteiger partial charge is 0.343 e. The van der Waals surface area contributed by atoms with Crippen molar-refractivity contribution in [1.82, 2.24) is 0 Å². The topological polar surface area (TPSA) is 26.3 Å². The first kappa shape index (κ1) is 13.2. The Morgan fingerprint density at radius 2 is 1.89 bits per heavy atom. The third-order valence-electron chi connectivity index (χ3n) is 2.16. The Morgan fingerprint density at radius 1 is 1.11 bits per heavy atom. The number of ether oxygens (including phenoxy) is 1. The van der Waals surface area contributed by atoms with E-state index >= 15 is 0 Å². The van der Waals surface area contributed by atoms with Gasteiger partial charge in [0.2, 0.25) is 0 Å². The van der Waals surface area contributed by atoms with Crippen LogP contribution >= 0.6 is 31.9 Å². The normalized spacial score (nSPS) is 10.2. The van der Waals surface area contributed by atoms with Gasteiger partial charge in [0, 0.05) is 4.47 Å². The van der Waals surface area contributed by atoms with Crippen LogP contribution in [0.4, 0.5) is 4.39 Å². The monoisotopic (exact) mass is 372 g/mol. The standard InChI is InChI=1S/C13H7Br2FO2/c14-9-3-1-2-8(6-9)13(17)18-12-5-4-10(16)7-11(12)15/h1-7H. The number of esters is 1. The zero-order valence-electron chi connectivity index (χ0n) is 8.99. The van der Waals surface area contributed by atoms with Crippen LogP contribution in [-0.2, 0) is 0 Å². The minimum Gasteiger partial charge on any atom is -0.422 e. The average Bonchev–Trinajstić information content (AvgIpc) is 2.32. The summed E-state index contributed by atoms with van der Waals surface area (Å²) in [7, 11) is 0. The zero-order chi connectivity index (χ0) is 13.1. The summed E-state index contributed by atoms with van der Waals surface area (Å²) in [5, 5.41) is 0. The predicted molar refractivity (Wildman–Crippen MR) is 73.2 cm³/mol. The van der Waals surface area contributed by atoms with Gasteiger partial charge in [0.15, 0.2) is 0 Å². The van der Waals surface area contributed by atoms with Crippen molar-refractivity contribution in [3.05, 3.63) is 62.8 Å². The van der Waals surface area contributed by atoms with Crippen molar-refractivity contribution in [2.45, 2.75) is 0 Å². The molecule has 18 heavy (non-hydrogen) atoms. The second-order valence-electron chi connectivity index (χ2n) is 3.47. The number of rotatable bonds is 2. The number of halogens is 3. The van der Waals surface area contributed by atoms with E-state index in [0.717, 1.165) is 4.47 Å². The van der Waals surface area contributed by atoms with Crippen LogP contribution in [-0.4, -0.2) is 5.97 Å². The van der Waals surface area contributed by atoms with Gasteiger partial charge in [-0.15, -0.1) is 0 Å². The molecule has 0 saturated carbocycles. The van der Waals surface area contributed by atoms with E-state index < -0.39 is 11.8 Å². The molecular weight excluding hydrogens is 367 g/mol. The van der Waals surface area contributed by atoms with Crippen LogP contribution in [0.2, 0.25) is 0 Å². The highest BCUT2D eigenvalue weighted by atomic mass is 79.9. The first-order chi connectivity index (χ1) is 8.56. The van der Waals surface area contributed by atoms with Crippen molar-refractivity contribution in [3.8, 4) is 5.75 Å². The molecule has 92 valence electrons. The fraction of sp³-hybridized carbons (Fsp3) is 0. The molecule has 0 atom stereocenters. The number of benzene rings is 2. The van der Waals surface area contributed by atoms with Crippen molar-refractivity contribution in [3.63, 3.8) is 0 Å². The highest BCUT2D eigenvalue weighted by Gasteiger charge is 2.11. The summed E-state index contributed by atoms with van der Waals surface area (Å²) in [5.41, 5.74) is 0.417. The van der Waals surface area contributed by atoms with Crippen LogP contribution < -0.4 is 4.74 Å². The van der Waals surface area contributed by atoms with Gasteiger partial charge in [-0.1, -0.05) is 22.0 Å². The van der Waals surface area contributed by atoms with Crippen molar-refractivity contribution < 1.29 is 13.9 Å². The average molecular weight is 374 g/mol. The summed E-state index contributed by atoms with van der Waals surface area (Å²) in [6.45, 7) is 0. The minimum atomic E-state index is -0.497. The second kappa shape index (κ2) is 5.63. The van der Waals surface area contributed by atoms with E-state index in [1.807, 2.05) is 6.07 Å². The third kappa shape index (κ3) is 3.17. The maximum atomic E-state index is 12.9. The van der Waals surface area contributed by atoms with Crippen LogP contribution in [0.15, 0.2) is 51.4 Å². The fourth-order valence-electron chi connectivity index (χ4n) is 1.33. The van der Waals surface area contributed by atoms with E-state index in [-0.39, 0.29) is 5.75 Å². The summed E-state index contributed by atoms with van der Waals surface area (Å²) >= 11 is 6.41. The molecule has 0 fully saturated rings. The van der Waals surface area contributed by atoms with E-state index in [2.05, 4.69) is 31.9 Å². The number of hydrogen-bond donors (Lipinski definition) is 0. The van der Waals surface area contributed by atoms with E-state index in [9.17, 15) is 9.18 Å². The second-order valence-corrected chi connectivity index (χ2v) is 5.24. The van der Waals surface area contributed by atoms with Gasteiger partial charge in [-0.2, -0.15) is 0 Å². The highest BCUT2D eigenvalue weighted by molar-refractivity contribution is 9.10. The van der Waals surface area contributed by atoms with Crippen molar-refractivity contribution in [1.29, 1.82) is 0 Å². The number of carbonyl (C=O) groups is 1. The maximum absolute atomic E-state index is 12.9. The van der Waals surface area contributed by atoms with E-state index in [1.54, 1.807) is 18.2 Å². The summed E-state index contributed by atoms with van der Waals surface area (Å²) in [6.07, 6.45) is 0. The van der Waals surface area contributed by atoms with Gasteiger partial charge in [0.25, 0.3) is 0 Å². The zero-order valence-corrected chi connectivity index (χ0v) is 12.2. The SMILES string of the molecule is O=C(Oc1ccc(F)cc1Br)c1cccc(Br)c1. The van der Waals surface area contributed by atoms with E-state index in [0.29, 0.717) is 10.0 Å². The molecule has 0 bridgehead atoms. The molecular formula is C13H7Br2FO2. The summed E-state index contributed by atoms with van der Waals surface area (Å²) in [5.74, 6) is -0.617. The Labute approximate surface area is 120 Å². The Morgan fingerprint density at radius 3 is 2.56 bits per heavy atom. The molecule has 2 rings (SSSR count). The van der Waals surface area contributed by atoms with Gasteiger partial charge in [0.05, 0.1) is 10.0 Å². The Bertz CT molecular complexity index is 599. The number of hydrogen-bond acceptors (Lipinski definition) is 2. The molecule has 2 aromatic rings. The lowest BCUT2D eigenvalue weighted by molar-refractivity contribution is 0.0733. The van der Waals surface area contributed by atoms with Crippen LogP contribution in [0.5, 0.6) is 5.75 Å². The van der Waals surface area contributed by atoms with Crippen LogP contribution in [0.3, 0.4) is 0 Å². The lowest BCUT2D eigenvalue weighted by Gasteiger charge is -2.06. The quantitative estimate of drug-likeness (QED) is 0.569. The maximum Gasteiger partial charge on any atom is 0.343 e. The molecule has 0 aliphatic rings. The van der Waals surface area contributed by atoms with E-state index in [1.165, 1.54) is 18.2 Å². The molecule has 0 aliphatic heterocycles. The molecule has 0 radical (unpaired) electrons. The van der Waals surface area contributed by atoms with Crippen molar-refractivity contribution in [2.75, 3.05) is 0 Å². The van der Waals surface area contributed by atoms with E-state index in [4.69, 9.17) is 4.74 Å². The molecule has 0 aliphatic carbocycles. The van der Waals surface area contributed by atoms with Gasteiger partial charge in [-0.3, -0.25) is 0 Å². The largest absolute Gasteiger partial charge is 0.422 e. The third-order valence-corrected chi connectivity index (χ3v) is 3.27. The molecule has 0 amide bonds. The molecule has 2 nitrogen and oxygen atoms in total. The highest BCUT2D eigenvalue weighted by Crippen LogP contribution is 2.26. The van der Waals surface area contributed by atoms with Gasteiger partial charge < -0.3 is 4.74 Å². The van der Waals surface area contributed by atoms with Crippen LogP contribution in [0.1, 0.15) is 10.4 Å². The van der Waals surface area contributed by atoms with Crippen LogP contribution in [0, 0.1) is 5.82 Å². The molecule has 2 aromatic carbocycles. The Hall–Kier alpha value is -1.20. The van der Waals surface area contributed by atoms with Gasteiger partial charge in [-0.25, -0.2) is 9.18 Å². The lowest BCUT2D eigenvalue weighted by atomic mass is 10.2. The minimum absolute atomic E-state index is 0.279. The van der Waals surface area contributed by atoms with Crippen molar-refractivity contribution in [2.24, 2.45) is 0 Å². The molecule has 0 aromatic heterocycles. The molecule has 0 spiro atoms. The molecule has 0 heterocycles. The predicted octanol–water partition coefficient (Wildman–Crippen LogP) is 4.57. The first-order valence-electron chi connectivity index (χ1n) is 4.99. The summed E-state index contributed by atoms with van der Waals surface area (Å²) in [4.78, 5) is 11.8. The Kier molecular flexibility index (Phi) is 4.14. The fourth-order valence-corrected chi connectivity index (χ4v) is 2.16. The molecule has 5 heteroatoms.